The van der Waals surface area contributed by atoms with Crippen LogP contribution in [0.3, 0.4) is 0 Å². The highest BCUT2D eigenvalue weighted by molar-refractivity contribution is 5.97. The van der Waals surface area contributed by atoms with Crippen molar-refractivity contribution >= 4 is 5.78 Å². The molecule has 0 unspecified atom stereocenters. The molecule has 2 nitrogen and oxygen atoms in total. The van der Waals surface area contributed by atoms with Crippen LogP contribution in [0.1, 0.15) is 46.5 Å². The van der Waals surface area contributed by atoms with Crippen molar-refractivity contribution in [2.45, 2.75) is 52.6 Å². The van der Waals surface area contributed by atoms with Crippen LogP contribution in [0.4, 0.5) is 0 Å². The van der Waals surface area contributed by atoms with Crippen LogP contribution in [-0.2, 0) is 9.53 Å². The Labute approximate surface area is 86.3 Å². The summed E-state index contributed by atoms with van der Waals surface area (Å²) in [5.41, 5.74) is 0.754. The van der Waals surface area contributed by atoms with Gasteiger partial charge in [-0.2, -0.15) is 0 Å². The molecule has 2 heteroatoms. The third-order valence-electron chi connectivity index (χ3n) is 2.87. The van der Waals surface area contributed by atoms with E-state index >= 15 is 0 Å². The van der Waals surface area contributed by atoms with E-state index in [1.54, 1.807) is 6.26 Å². The molecule has 0 spiro atoms. The van der Waals surface area contributed by atoms with Gasteiger partial charge in [-0.15, -0.1) is 0 Å². The highest BCUT2D eigenvalue weighted by Crippen LogP contribution is 2.23. The minimum absolute atomic E-state index is 0.0388. The zero-order valence-corrected chi connectivity index (χ0v) is 9.38. The Balaban J connectivity index is 2.44. The van der Waals surface area contributed by atoms with Crippen LogP contribution in [0.15, 0.2) is 11.8 Å². The molecule has 2 atom stereocenters. The van der Waals surface area contributed by atoms with Gasteiger partial charge < -0.3 is 4.74 Å². The number of carbonyl (C=O) groups is 1. The summed E-state index contributed by atoms with van der Waals surface area (Å²) in [5, 5.41) is 0. The molecule has 0 saturated heterocycles. The van der Waals surface area contributed by atoms with E-state index < -0.39 is 0 Å². The van der Waals surface area contributed by atoms with Crippen molar-refractivity contribution in [1.82, 2.24) is 0 Å². The minimum atomic E-state index is 0.0388. The van der Waals surface area contributed by atoms with Crippen molar-refractivity contribution in [3.05, 3.63) is 11.8 Å². The van der Waals surface area contributed by atoms with Crippen molar-refractivity contribution in [2.24, 2.45) is 5.92 Å². The molecule has 0 fully saturated rings. The molecule has 1 aliphatic heterocycles. The molecule has 1 heterocycles. The van der Waals surface area contributed by atoms with E-state index in [-0.39, 0.29) is 17.8 Å². The average molecular weight is 196 g/mol. The van der Waals surface area contributed by atoms with Crippen molar-refractivity contribution in [2.75, 3.05) is 0 Å². The molecule has 0 aliphatic carbocycles. The van der Waals surface area contributed by atoms with E-state index in [2.05, 4.69) is 6.92 Å². The summed E-state index contributed by atoms with van der Waals surface area (Å²) in [4.78, 5) is 11.6. The molecule has 14 heavy (non-hydrogen) atoms. The van der Waals surface area contributed by atoms with Crippen LogP contribution >= 0.6 is 0 Å². The number of ketones is 1. The minimum Gasteiger partial charge on any atom is -0.497 e. The highest BCUT2D eigenvalue weighted by Gasteiger charge is 2.28. The number of ether oxygens (including phenoxy) is 1. The van der Waals surface area contributed by atoms with Gasteiger partial charge in [-0.3, -0.25) is 4.79 Å². The molecule has 0 bridgehead atoms. The normalized spacial score (nSPS) is 27.1. The second kappa shape index (κ2) is 5.18. The van der Waals surface area contributed by atoms with Crippen LogP contribution in [0.2, 0.25) is 0 Å². The van der Waals surface area contributed by atoms with Crippen LogP contribution in [0.25, 0.3) is 0 Å². The molecule has 0 N–H and O–H groups in total. The van der Waals surface area contributed by atoms with Crippen LogP contribution < -0.4 is 0 Å². The Morgan fingerprint density at radius 1 is 1.43 bits per heavy atom. The number of unbranched alkanes of at least 4 members (excludes halogenated alkanes) is 2. The highest BCUT2D eigenvalue weighted by atomic mass is 16.5. The fraction of sp³-hybridized carbons (Fsp3) is 0.750. The largest absolute Gasteiger partial charge is 0.497 e. The zero-order valence-electron chi connectivity index (χ0n) is 9.38. The summed E-state index contributed by atoms with van der Waals surface area (Å²) < 4.78 is 5.54. The second-order valence-electron chi connectivity index (χ2n) is 4.12. The van der Waals surface area contributed by atoms with Crippen molar-refractivity contribution < 1.29 is 9.53 Å². The van der Waals surface area contributed by atoms with Gasteiger partial charge >= 0.3 is 0 Å². The Kier molecular flexibility index (Phi) is 4.18. The first-order valence-corrected chi connectivity index (χ1v) is 5.53. The van der Waals surface area contributed by atoms with E-state index in [0.717, 1.165) is 18.4 Å². The summed E-state index contributed by atoms with van der Waals surface area (Å²) in [7, 11) is 0. The molecule has 1 rings (SSSR count). The molecule has 80 valence electrons. The molecule has 1 aliphatic rings. The van der Waals surface area contributed by atoms with Crippen LogP contribution in [-0.4, -0.2) is 11.9 Å². The summed E-state index contributed by atoms with van der Waals surface area (Å²) in [6.07, 6.45) is 6.33. The van der Waals surface area contributed by atoms with E-state index in [1.807, 2.05) is 13.8 Å². The molecule has 0 aromatic carbocycles. The van der Waals surface area contributed by atoms with Gasteiger partial charge in [-0.05, 0) is 19.8 Å². The summed E-state index contributed by atoms with van der Waals surface area (Å²) in [6.45, 7) is 5.97. The molecule has 0 radical (unpaired) electrons. The number of carbonyl (C=O) groups excluding carboxylic acids is 1. The van der Waals surface area contributed by atoms with Crippen molar-refractivity contribution in [1.29, 1.82) is 0 Å². The Morgan fingerprint density at radius 2 is 2.14 bits per heavy atom. The SMILES string of the molecule is CCCCC[C@@H]1OC=C(C)C(=O)[C@H]1C. The lowest BCUT2D eigenvalue weighted by atomic mass is 9.90. The quantitative estimate of drug-likeness (QED) is 0.646. The van der Waals surface area contributed by atoms with Gasteiger partial charge in [0, 0.05) is 5.57 Å². The molecule has 0 aromatic heterocycles. The lowest BCUT2D eigenvalue weighted by Crippen LogP contribution is -2.31. The van der Waals surface area contributed by atoms with E-state index in [1.165, 1.54) is 12.8 Å². The first-order valence-electron chi connectivity index (χ1n) is 5.53. The number of hydrogen-bond acceptors (Lipinski definition) is 2. The van der Waals surface area contributed by atoms with Crippen molar-refractivity contribution in [3.63, 3.8) is 0 Å². The zero-order chi connectivity index (χ0) is 10.6. The second-order valence-corrected chi connectivity index (χ2v) is 4.12. The Hall–Kier alpha value is -0.790. The van der Waals surface area contributed by atoms with Gasteiger partial charge in [0.1, 0.15) is 6.10 Å². The summed E-state index contributed by atoms with van der Waals surface area (Å²) >= 11 is 0. The monoisotopic (exact) mass is 196 g/mol. The topological polar surface area (TPSA) is 26.3 Å². The van der Waals surface area contributed by atoms with E-state index in [9.17, 15) is 4.79 Å². The third-order valence-corrected chi connectivity index (χ3v) is 2.87. The Bertz CT molecular complexity index is 230. The molecular formula is C12H20O2. The van der Waals surface area contributed by atoms with Crippen molar-refractivity contribution in [3.8, 4) is 0 Å². The molecular weight excluding hydrogens is 176 g/mol. The first-order chi connectivity index (χ1) is 6.66. The maximum atomic E-state index is 11.6. The lowest BCUT2D eigenvalue weighted by Gasteiger charge is -2.27. The number of hydrogen-bond donors (Lipinski definition) is 0. The van der Waals surface area contributed by atoms with Gasteiger partial charge in [0.15, 0.2) is 5.78 Å². The molecule has 0 saturated carbocycles. The maximum absolute atomic E-state index is 11.6. The number of allylic oxidation sites excluding steroid dienone is 1. The van der Waals surface area contributed by atoms with Gasteiger partial charge in [-0.25, -0.2) is 0 Å². The van der Waals surface area contributed by atoms with E-state index in [4.69, 9.17) is 4.74 Å². The van der Waals surface area contributed by atoms with Gasteiger partial charge in [-0.1, -0.05) is 26.7 Å². The smallest absolute Gasteiger partial charge is 0.168 e. The number of rotatable bonds is 4. The predicted molar refractivity (Wildman–Crippen MR) is 56.9 cm³/mol. The van der Waals surface area contributed by atoms with E-state index in [0.29, 0.717) is 0 Å². The average Bonchev–Trinajstić information content (AvgIpc) is 2.18. The number of Topliss-reactive ketones (excluding diaryl/α,β-unsaturated/α-hetero) is 1. The fourth-order valence-corrected chi connectivity index (χ4v) is 1.81. The maximum Gasteiger partial charge on any atom is 0.168 e. The van der Waals surface area contributed by atoms with Crippen LogP contribution in [0, 0.1) is 5.92 Å². The van der Waals surface area contributed by atoms with Gasteiger partial charge in [0.25, 0.3) is 0 Å². The molecule has 0 aromatic rings. The summed E-state index contributed by atoms with van der Waals surface area (Å²) in [6, 6.07) is 0. The molecule has 0 amide bonds. The van der Waals surface area contributed by atoms with Gasteiger partial charge in [0.2, 0.25) is 0 Å². The third kappa shape index (κ3) is 2.60. The Morgan fingerprint density at radius 3 is 2.79 bits per heavy atom. The predicted octanol–water partition coefficient (Wildman–Crippen LogP) is 3.07. The first kappa shape index (κ1) is 11.3. The standard InChI is InChI=1S/C12H20O2/c1-4-5-6-7-11-10(3)12(13)9(2)8-14-11/h8,10-11H,4-7H2,1-3H3/t10-,11-/m0/s1. The fourth-order valence-electron chi connectivity index (χ4n) is 1.81. The lowest BCUT2D eigenvalue weighted by molar-refractivity contribution is -0.124. The van der Waals surface area contributed by atoms with Gasteiger partial charge in [0.05, 0.1) is 12.2 Å². The van der Waals surface area contributed by atoms with Crippen LogP contribution in [0.5, 0.6) is 0 Å². The summed E-state index contributed by atoms with van der Waals surface area (Å²) in [5.74, 6) is 0.287.